The minimum absolute atomic E-state index is 0.0618. The summed E-state index contributed by atoms with van der Waals surface area (Å²) in [7, 11) is -2.02. The van der Waals surface area contributed by atoms with E-state index in [0.717, 1.165) is 12.8 Å². The molecule has 0 aliphatic carbocycles. The third-order valence-corrected chi connectivity index (χ3v) is 6.04. The maximum atomic E-state index is 12.5. The Balaban J connectivity index is 2.03. The van der Waals surface area contributed by atoms with E-state index in [1.165, 1.54) is 58.9 Å². The Bertz CT molecular complexity index is 1000. The van der Waals surface area contributed by atoms with Gasteiger partial charge >= 0.3 is 0 Å². The van der Waals surface area contributed by atoms with Gasteiger partial charge in [-0.1, -0.05) is 25.5 Å². The first-order valence-electron chi connectivity index (χ1n) is 9.04. The van der Waals surface area contributed by atoms with Crippen LogP contribution in [0.2, 0.25) is 0 Å². The number of hydrogen-bond donors (Lipinski definition) is 1. The summed E-state index contributed by atoms with van der Waals surface area (Å²) in [4.78, 5) is 22.5. The molecule has 2 aromatic rings. The number of carbonyl (C=O) groups is 1. The molecule has 0 aliphatic rings. The summed E-state index contributed by atoms with van der Waals surface area (Å²) in [6.07, 6.45) is 4.39. The fourth-order valence-electron chi connectivity index (χ4n) is 2.49. The molecule has 0 heterocycles. The van der Waals surface area contributed by atoms with E-state index in [9.17, 15) is 23.3 Å². The number of nitro groups is 1. The number of non-ortho nitro benzene ring substituents is 1. The number of rotatable bonds is 9. The minimum atomic E-state index is -3.56. The Morgan fingerprint density at radius 3 is 2.52 bits per heavy atom. The van der Waals surface area contributed by atoms with E-state index in [2.05, 4.69) is 5.32 Å². The molecular formula is C20H23N3O5S. The van der Waals surface area contributed by atoms with Crippen molar-refractivity contribution < 1.29 is 18.1 Å². The number of anilines is 1. The SMILES string of the molecule is CCCCN(C)S(=O)(=O)c1ccc(NC(=O)/C=C/c2cccc([N+](=O)[O-])c2)cc1. The molecule has 0 aromatic heterocycles. The van der Waals surface area contributed by atoms with Crippen LogP contribution in [0.15, 0.2) is 59.5 Å². The molecular weight excluding hydrogens is 394 g/mol. The normalized spacial score (nSPS) is 11.7. The van der Waals surface area contributed by atoms with E-state index in [1.807, 2.05) is 6.92 Å². The van der Waals surface area contributed by atoms with Crippen molar-refractivity contribution in [3.05, 3.63) is 70.3 Å². The average Bonchev–Trinajstić information content (AvgIpc) is 2.71. The third kappa shape index (κ3) is 6.23. The van der Waals surface area contributed by atoms with E-state index in [1.54, 1.807) is 13.1 Å². The number of unbranched alkanes of at least 4 members (excludes halogenated alkanes) is 1. The van der Waals surface area contributed by atoms with Crippen LogP contribution in [0.5, 0.6) is 0 Å². The van der Waals surface area contributed by atoms with Crippen molar-refractivity contribution in [2.75, 3.05) is 18.9 Å². The lowest BCUT2D eigenvalue weighted by Gasteiger charge is -2.17. The topological polar surface area (TPSA) is 110 Å². The molecule has 9 heteroatoms. The fourth-order valence-corrected chi connectivity index (χ4v) is 3.70. The highest BCUT2D eigenvalue weighted by molar-refractivity contribution is 7.89. The van der Waals surface area contributed by atoms with Crippen molar-refractivity contribution in [2.45, 2.75) is 24.7 Å². The zero-order chi connectivity index (χ0) is 21.4. The molecule has 2 aromatic carbocycles. The molecule has 0 saturated carbocycles. The van der Waals surface area contributed by atoms with Gasteiger partial charge in [-0.05, 0) is 42.3 Å². The maximum Gasteiger partial charge on any atom is 0.270 e. The van der Waals surface area contributed by atoms with E-state index < -0.39 is 20.9 Å². The van der Waals surface area contributed by atoms with Crippen LogP contribution >= 0.6 is 0 Å². The summed E-state index contributed by atoms with van der Waals surface area (Å²) in [5.41, 5.74) is 0.896. The fraction of sp³-hybridized carbons (Fsp3) is 0.250. The van der Waals surface area contributed by atoms with Crippen LogP contribution in [-0.4, -0.2) is 37.1 Å². The number of hydrogen-bond acceptors (Lipinski definition) is 5. The molecule has 0 radical (unpaired) electrons. The average molecular weight is 417 g/mol. The first kappa shape index (κ1) is 22.3. The van der Waals surface area contributed by atoms with Crippen LogP contribution in [0.25, 0.3) is 6.08 Å². The van der Waals surface area contributed by atoms with Crippen molar-refractivity contribution >= 4 is 33.4 Å². The number of amides is 1. The second kappa shape index (κ2) is 9.94. The zero-order valence-electron chi connectivity index (χ0n) is 16.2. The smallest absolute Gasteiger partial charge is 0.270 e. The van der Waals surface area contributed by atoms with Gasteiger partial charge in [0.25, 0.3) is 5.69 Å². The van der Waals surface area contributed by atoms with Crippen molar-refractivity contribution in [3.63, 3.8) is 0 Å². The van der Waals surface area contributed by atoms with Gasteiger partial charge in [-0.3, -0.25) is 14.9 Å². The van der Waals surface area contributed by atoms with Crippen molar-refractivity contribution in [1.29, 1.82) is 0 Å². The lowest BCUT2D eigenvalue weighted by atomic mass is 10.2. The standard InChI is InChI=1S/C20H23N3O5S/c1-3-4-14-22(2)29(27,28)19-11-9-17(10-12-19)21-20(24)13-8-16-6-5-7-18(15-16)23(25)26/h5-13,15H,3-4,14H2,1-2H3,(H,21,24)/b13-8+. The molecule has 0 unspecified atom stereocenters. The number of sulfonamides is 1. The van der Waals surface area contributed by atoms with Gasteiger partial charge in [-0.25, -0.2) is 12.7 Å². The quantitative estimate of drug-likeness (QED) is 0.380. The molecule has 29 heavy (non-hydrogen) atoms. The molecule has 0 bridgehead atoms. The number of nitrogens with zero attached hydrogens (tertiary/aromatic N) is 2. The monoisotopic (exact) mass is 417 g/mol. The Labute approximate surface area is 170 Å². The summed E-state index contributed by atoms with van der Waals surface area (Å²) in [6, 6.07) is 11.8. The third-order valence-electron chi connectivity index (χ3n) is 4.16. The van der Waals surface area contributed by atoms with Gasteiger partial charge in [0, 0.05) is 37.5 Å². The van der Waals surface area contributed by atoms with Crippen LogP contribution < -0.4 is 5.32 Å². The summed E-state index contributed by atoms with van der Waals surface area (Å²) in [6.45, 7) is 2.44. The van der Waals surface area contributed by atoms with Gasteiger partial charge in [-0.15, -0.1) is 0 Å². The number of nitro benzene ring substituents is 1. The van der Waals surface area contributed by atoms with Crippen molar-refractivity contribution in [1.82, 2.24) is 4.31 Å². The number of nitrogens with one attached hydrogen (secondary N) is 1. The molecule has 0 atom stereocenters. The van der Waals surface area contributed by atoms with Crippen LogP contribution in [0.1, 0.15) is 25.3 Å². The van der Waals surface area contributed by atoms with Gasteiger partial charge in [0.05, 0.1) is 9.82 Å². The number of carbonyl (C=O) groups excluding carboxylic acids is 1. The summed E-state index contributed by atoms with van der Waals surface area (Å²) < 4.78 is 26.3. The lowest BCUT2D eigenvalue weighted by Crippen LogP contribution is -2.27. The number of benzene rings is 2. The Morgan fingerprint density at radius 2 is 1.90 bits per heavy atom. The van der Waals surface area contributed by atoms with Gasteiger partial charge in [0.2, 0.25) is 15.9 Å². The van der Waals surface area contributed by atoms with E-state index >= 15 is 0 Å². The second-order valence-corrected chi connectivity index (χ2v) is 8.42. The molecule has 2 rings (SSSR count). The van der Waals surface area contributed by atoms with Crippen LogP contribution in [-0.2, 0) is 14.8 Å². The molecule has 0 aliphatic heterocycles. The summed E-state index contributed by atoms with van der Waals surface area (Å²) in [5, 5.41) is 13.4. The Hall–Kier alpha value is -3.04. The van der Waals surface area contributed by atoms with Crippen LogP contribution in [0.4, 0.5) is 11.4 Å². The molecule has 1 N–H and O–H groups in total. The van der Waals surface area contributed by atoms with Crippen molar-refractivity contribution in [2.24, 2.45) is 0 Å². The van der Waals surface area contributed by atoms with Crippen molar-refractivity contribution in [3.8, 4) is 0 Å². The Morgan fingerprint density at radius 1 is 1.21 bits per heavy atom. The Kier molecular flexibility index (Phi) is 7.63. The second-order valence-electron chi connectivity index (χ2n) is 6.38. The summed E-state index contributed by atoms with van der Waals surface area (Å²) in [5.74, 6) is -0.438. The molecule has 0 saturated heterocycles. The minimum Gasteiger partial charge on any atom is -0.323 e. The highest BCUT2D eigenvalue weighted by Gasteiger charge is 2.19. The largest absolute Gasteiger partial charge is 0.323 e. The molecule has 8 nitrogen and oxygen atoms in total. The van der Waals surface area contributed by atoms with E-state index in [0.29, 0.717) is 17.8 Å². The predicted molar refractivity (Wildman–Crippen MR) is 112 cm³/mol. The first-order chi connectivity index (χ1) is 13.7. The van der Waals surface area contributed by atoms with Gasteiger partial charge < -0.3 is 5.32 Å². The highest BCUT2D eigenvalue weighted by Crippen LogP contribution is 2.18. The first-order valence-corrected chi connectivity index (χ1v) is 10.5. The van der Waals surface area contributed by atoms with Crippen LogP contribution in [0, 0.1) is 10.1 Å². The molecule has 1 amide bonds. The summed E-state index contributed by atoms with van der Waals surface area (Å²) >= 11 is 0. The van der Waals surface area contributed by atoms with Crippen LogP contribution in [0.3, 0.4) is 0 Å². The zero-order valence-corrected chi connectivity index (χ0v) is 17.1. The lowest BCUT2D eigenvalue weighted by molar-refractivity contribution is -0.384. The van der Waals surface area contributed by atoms with Gasteiger partial charge in [-0.2, -0.15) is 0 Å². The molecule has 0 fully saturated rings. The van der Waals surface area contributed by atoms with Gasteiger partial charge in [0.15, 0.2) is 0 Å². The predicted octanol–water partition coefficient (Wildman–Crippen LogP) is 3.67. The van der Waals surface area contributed by atoms with E-state index in [4.69, 9.17) is 0 Å². The van der Waals surface area contributed by atoms with E-state index in [-0.39, 0.29) is 10.6 Å². The van der Waals surface area contributed by atoms with Gasteiger partial charge in [0.1, 0.15) is 0 Å². The highest BCUT2D eigenvalue weighted by atomic mass is 32.2. The maximum absolute atomic E-state index is 12.5. The molecule has 0 spiro atoms. The molecule has 154 valence electrons.